The molecule has 0 bridgehead atoms. The number of ether oxygens (including phenoxy) is 2. The Morgan fingerprint density at radius 3 is 2.12 bits per heavy atom. The van der Waals surface area contributed by atoms with E-state index in [9.17, 15) is 9.59 Å². The zero-order chi connectivity index (χ0) is 27.7. The summed E-state index contributed by atoms with van der Waals surface area (Å²) in [5, 5.41) is 5.73. The van der Waals surface area contributed by atoms with Crippen molar-refractivity contribution in [3.05, 3.63) is 137 Å². The highest BCUT2D eigenvalue weighted by Crippen LogP contribution is 2.23. The third kappa shape index (κ3) is 7.27. The van der Waals surface area contributed by atoms with E-state index in [1.807, 2.05) is 66.7 Å². The number of rotatable bonds is 10. The Labute approximate surface area is 234 Å². The number of carbonyl (C=O) groups is 2. The number of amides is 2. The van der Waals surface area contributed by atoms with Crippen molar-refractivity contribution >= 4 is 12.0 Å². The van der Waals surface area contributed by atoms with Crippen LogP contribution in [0.25, 0.3) is 0 Å². The van der Waals surface area contributed by atoms with Crippen molar-refractivity contribution in [1.82, 2.24) is 15.5 Å². The number of nitrogens with zero attached hydrogens (tertiary/aromatic N) is 1. The molecule has 1 heterocycles. The van der Waals surface area contributed by atoms with Gasteiger partial charge in [-0.1, -0.05) is 91.0 Å². The summed E-state index contributed by atoms with van der Waals surface area (Å²) < 4.78 is 11.3. The molecular formula is C33H33N3O4. The van der Waals surface area contributed by atoms with Gasteiger partial charge in [-0.05, 0) is 52.6 Å². The summed E-state index contributed by atoms with van der Waals surface area (Å²) in [4.78, 5) is 28.4. The van der Waals surface area contributed by atoms with Crippen LogP contribution in [0.15, 0.2) is 103 Å². The van der Waals surface area contributed by atoms with Crippen molar-refractivity contribution in [3.63, 3.8) is 0 Å². The second-order valence-electron chi connectivity index (χ2n) is 9.98. The van der Waals surface area contributed by atoms with Crippen molar-refractivity contribution in [1.29, 1.82) is 0 Å². The van der Waals surface area contributed by atoms with Gasteiger partial charge in [0.2, 0.25) is 5.91 Å². The lowest BCUT2D eigenvalue weighted by Gasteiger charge is -2.19. The molecule has 0 radical (unpaired) electrons. The van der Waals surface area contributed by atoms with E-state index in [4.69, 9.17) is 9.47 Å². The number of alkyl carbamates (subject to hydrolysis) is 1. The first-order valence-electron chi connectivity index (χ1n) is 13.3. The first-order chi connectivity index (χ1) is 19.5. The molecule has 5 rings (SSSR count). The molecule has 0 aliphatic carbocycles. The van der Waals surface area contributed by atoms with Crippen LogP contribution in [-0.2, 0) is 42.4 Å². The number of benzene rings is 4. The fourth-order valence-electron chi connectivity index (χ4n) is 4.70. The van der Waals surface area contributed by atoms with Crippen LogP contribution in [0.3, 0.4) is 0 Å². The maximum absolute atomic E-state index is 13.4. The van der Waals surface area contributed by atoms with Gasteiger partial charge in [0.25, 0.3) is 0 Å². The molecule has 1 atom stereocenters. The predicted molar refractivity (Wildman–Crippen MR) is 153 cm³/mol. The van der Waals surface area contributed by atoms with E-state index in [0.29, 0.717) is 24.5 Å². The Bertz CT molecular complexity index is 1430. The van der Waals surface area contributed by atoms with Crippen molar-refractivity contribution in [3.8, 4) is 5.75 Å². The molecule has 0 fully saturated rings. The fourth-order valence-corrected chi connectivity index (χ4v) is 4.70. The Balaban J connectivity index is 1.25. The largest absolute Gasteiger partial charge is 0.489 e. The lowest BCUT2D eigenvalue weighted by atomic mass is 10.0. The zero-order valence-corrected chi connectivity index (χ0v) is 22.5. The van der Waals surface area contributed by atoms with Crippen molar-refractivity contribution in [2.75, 3.05) is 7.05 Å². The second kappa shape index (κ2) is 13.0. The number of hydrogen-bond donors (Lipinski definition) is 2. The third-order valence-electron chi connectivity index (χ3n) is 6.82. The maximum Gasteiger partial charge on any atom is 0.408 e. The Morgan fingerprint density at radius 2 is 1.43 bits per heavy atom. The zero-order valence-electron chi connectivity index (χ0n) is 22.5. The van der Waals surface area contributed by atoms with Gasteiger partial charge < -0.3 is 20.1 Å². The van der Waals surface area contributed by atoms with Crippen molar-refractivity contribution in [2.45, 2.75) is 38.9 Å². The van der Waals surface area contributed by atoms with Crippen LogP contribution in [-0.4, -0.2) is 23.9 Å². The van der Waals surface area contributed by atoms with E-state index in [0.717, 1.165) is 29.8 Å². The molecular weight excluding hydrogens is 502 g/mol. The number of nitrogens with one attached hydrogen (secondary N) is 2. The summed E-state index contributed by atoms with van der Waals surface area (Å²) in [5.41, 5.74) is 6.15. The highest BCUT2D eigenvalue weighted by Gasteiger charge is 2.24. The molecule has 0 unspecified atom stereocenters. The molecule has 4 aromatic carbocycles. The van der Waals surface area contributed by atoms with E-state index in [1.165, 1.54) is 11.1 Å². The lowest BCUT2D eigenvalue weighted by molar-refractivity contribution is -0.123. The molecule has 1 aliphatic rings. The van der Waals surface area contributed by atoms with Crippen LogP contribution in [0.1, 0.15) is 39.4 Å². The molecule has 2 N–H and O–H groups in total. The van der Waals surface area contributed by atoms with Crippen LogP contribution in [0.5, 0.6) is 5.75 Å². The van der Waals surface area contributed by atoms with E-state index < -0.39 is 12.1 Å². The SMILES string of the molecule is CN1Cc2ccc(CNC(=O)[C@@H](NC(=O)OCc3ccccc3)c3ccc(OCc4ccccc4)cc3)cc2C1. The van der Waals surface area contributed by atoms with Crippen LogP contribution in [0, 0.1) is 0 Å². The summed E-state index contributed by atoms with van der Waals surface area (Å²) >= 11 is 0. The molecule has 0 aromatic heterocycles. The minimum absolute atomic E-state index is 0.108. The van der Waals surface area contributed by atoms with Crippen LogP contribution in [0.2, 0.25) is 0 Å². The fraction of sp³-hybridized carbons (Fsp3) is 0.212. The number of fused-ring (bicyclic) bond motifs is 1. The standard InChI is InChI=1S/C33H33N3O4/c1-36-20-28-13-12-26(18-29(28)21-36)19-34-32(37)31(35-33(38)40-23-25-10-6-3-7-11-25)27-14-16-30(17-15-27)39-22-24-8-4-2-5-9-24/h2-18,31H,19-23H2,1H3,(H,34,37)(H,35,38)/t31-/m0/s1. The average Bonchev–Trinajstić information content (AvgIpc) is 3.37. The van der Waals surface area contributed by atoms with Crippen molar-refractivity contribution in [2.24, 2.45) is 0 Å². The lowest BCUT2D eigenvalue weighted by Crippen LogP contribution is -2.40. The van der Waals surface area contributed by atoms with Crippen LogP contribution in [0.4, 0.5) is 4.79 Å². The smallest absolute Gasteiger partial charge is 0.408 e. The molecule has 1 aliphatic heterocycles. The summed E-state index contributed by atoms with van der Waals surface area (Å²) in [6.45, 7) is 2.73. The molecule has 7 heteroatoms. The monoisotopic (exact) mass is 535 g/mol. The third-order valence-corrected chi connectivity index (χ3v) is 6.82. The van der Waals surface area contributed by atoms with Crippen molar-refractivity contribution < 1.29 is 19.1 Å². The van der Waals surface area contributed by atoms with Gasteiger partial charge in [-0.2, -0.15) is 0 Å². The number of carbonyl (C=O) groups excluding carboxylic acids is 2. The molecule has 40 heavy (non-hydrogen) atoms. The Hall–Kier alpha value is -4.62. The summed E-state index contributed by atoms with van der Waals surface area (Å²) in [6, 6.07) is 31.8. The second-order valence-corrected chi connectivity index (χ2v) is 9.98. The molecule has 0 spiro atoms. The predicted octanol–water partition coefficient (Wildman–Crippen LogP) is 5.49. The quantitative estimate of drug-likeness (QED) is 0.281. The summed E-state index contributed by atoms with van der Waals surface area (Å²) in [5.74, 6) is 0.341. The van der Waals surface area contributed by atoms with E-state index in [2.05, 4.69) is 34.7 Å². The van der Waals surface area contributed by atoms with Crippen LogP contribution >= 0.6 is 0 Å². The van der Waals surface area contributed by atoms with Gasteiger partial charge in [0, 0.05) is 19.6 Å². The molecule has 0 saturated heterocycles. The van der Waals surface area contributed by atoms with Gasteiger partial charge in [-0.25, -0.2) is 4.79 Å². The van der Waals surface area contributed by atoms with Gasteiger partial charge in [0.05, 0.1) is 0 Å². The Kier molecular flexibility index (Phi) is 8.73. The minimum Gasteiger partial charge on any atom is -0.489 e. The van der Waals surface area contributed by atoms with Gasteiger partial charge in [-0.3, -0.25) is 9.69 Å². The molecule has 2 amide bonds. The van der Waals surface area contributed by atoms with E-state index in [-0.39, 0.29) is 12.5 Å². The van der Waals surface area contributed by atoms with Gasteiger partial charge in [0.15, 0.2) is 0 Å². The van der Waals surface area contributed by atoms with E-state index >= 15 is 0 Å². The average molecular weight is 536 g/mol. The highest BCUT2D eigenvalue weighted by atomic mass is 16.5. The molecule has 7 nitrogen and oxygen atoms in total. The first kappa shape index (κ1) is 27.0. The number of hydrogen-bond acceptors (Lipinski definition) is 5. The topological polar surface area (TPSA) is 79.9 Å². The highest BCUT2D eigenvalue weighted by molar-refractivity contribution is 5.86. The summed E-state index contributed by atoms with van der Waals surface area (Å²) in [6.07, 6.45) is -0.672. The molecule has 0 saturated carbocycles. The van der Waals surface area contributed by atoms with Gasteiger partial charge in [0.1, 0.15) is 25.0 Å². The van der Waals surface area contributed by atoms with E-state index in [1.54, 1.807) is 24.3 Å². The molecule has 204 valence electrons. The first-order valence-corrected chi connectivity index (χ1v) is 13.3. The summed E-state index contributed by atoms with van der Waals surface area (Å²) in [7, 11) is 2.09. The normalized spacial score (nSPS) is 13.2. The maximum atomic E-state index is 13.4. The Morgan fingerprint density at radius 1 is 0.775 bits per heavy atom. The molecule has 4 aromatic rings. The van der Waals surface area contributed by atoms with Gasteiger partial charge in [-0.15, -0.1) is 0 Å². The van der Waals surface area contributed by atoms with Crippen LogP contribution < -0.4 is 15.4 Å². The van der Waals surface area contributed by atoms with Gasteiger partial charge >= 0.3 is 6.09 Å². The minimum atomic E-state index is -0.938.